The molecule has 0 aromatic heterocycles. The van der Waals surface area contributed by atoms with Crippen LogP contribution in [0.5, 0.6) is 0 Å². The Bertz CT molecular complexity index is 177. The summed E-state index contributed by atoms with van der Waals surface area (Å²) in [6, 6.07) is 0. The highest BCUT2D eigenvalue weighted by Gasteiger charge is 2.33. The summed E-state index contributed by atoms with van der Waals surface area (Å²) in [5, 5.41) is -1.01. The van der Waals surface area contributed by atoms with Crippen molar-refractivity contribution in [2.24, 2.45) is 0 Å². The molecule has 4 nitrogen and oxygen atoms in total. The molecule has 0 saturated carbocycles. The van der Waals surface area contributed by atoms with E-state index in [1.165, 1.54) is 20.3 Å². The normalized spacial score (nSPS) is 16.9. The van der Waals surface area contributed by atoms with E-state index >= 15 is 0 Å². The van der Waals surface area contributed by atoms with Gasteiger partial charge in [-0.2, -0.15) is 0 Å². The average Bonchev–Trinajstić information content (AvgIpc) is 1.59. The van der Waals surface area contributed by atoms with Gasteiger partial charge in [0, 0.05) is 0 Å². The average molecular weight is 186 g/mol. The van der Waals surface area contributed by atoms with Crippen molar-refractivity contribution in [1.29, 1.82) is 0 Å². The van der Waals surface area contributed by atoms with E-state index in [1.54, 1.807) is 0 Å². The largest absolute Gasteiger partial charge is 0.335 e. The Morgan fingerprint density at radius 1 is 1.20 bits per heavy atom. The van der Waals surface area contributed by atoms with Crippen molar-refractivity contribution in [2.45, 2.75) is 12.3 Å². The quantitative estimate of drug-likeness (QED) is 0.634. The van der Waals surface area contributed by atoms with Crippen LogP contribution in [-0.4, -0.2) is 28.5 Å². The molecule has 0 aromatic rings. The second-order valence-corrected chi connectivity index (χ2v) is 8.66. The lowest BCUT2D eigenvalue weighted by atomic mass is 11.0. The Morgan fingerprint density at radius 3 is 1.50 bits per heavy atom. The Balaban J connectivity index is 4.56. The fraction of sp³-hybridized carbons (Fsp3) is 1.00. The van der Waals surface area contributed by atoms with Gasteiger partial charge in [0.15, 0.2) is 0 Å². The van der Waals surface area contributed by atoms with E-state index in [2.05, 4.69) is 0 Å². The summed E-state index contributed by atoms with van der Waals surface area (Å²) in [7, 11) is -6.78. The fourth-order valence-corrected chi connectivity index (χ4v) is 3.26. The van der Waals surface area contributed by atoms with Crippen molar-refractivity contribution in [3.63, 3.8) is 0 Å². The van der Waals surface area contributed by atoms with Crippen molar-refractivity contribution < 1.29 is 18.9 Å². The van der Waals surface area contributed by atoms with E-state index < -0.39 is 20.1 Å². The number of rotatable bonds is 2. The zero-order chi connectivity index (χ0) is 8.58. The van der Waals surface area contributed by atoms with Gasteiger partial charge in [-0.15, -0.1) is 0 Å². The Labute approximate surface area is 60.2 Å². The molecule has 0 radical (unpaired) electrons. The van der Waals surface area contributed by atoms with Gasteiger partial charge in [0.25, 0.3) is 0 Å². The molecule has 0 bridgehead atoms. The highest BCUT2D eigenvalue weighted by Crippen LogP contribution is 2.59. The van der Waals surface area contributed by atoms with Gasteiger partial charge in [-0.1, -0.05) is 0 Å². The van der Waals surface area contributed by atoms with Crippen molar-refractivity contribution in [3.05, 3.63) is 0 Å². The van der Waals surface area contributed by atoms with Crippen LogP contribution in [0.15, 0.2) is 0 Å². The highest BCUT2D eigenvalue weighted by molar-refractivity contribution is 7.76. The first-order valence-electron chi connectivity index (χ1n) is 2.75. The molecule has 0 fully saturated rings. The second kappa shape index (κ2) is 2.78. The predicted octanol–water partition coefficient (Wildman–Crippen LogP) is 1.13. The second-order valence-electron chi connectivity index (χ2n) is 2.66. The van der Waals surface area contributed by atoms with E-state index in [9.17, 15) is 9.13 Å². The molecule has 0 aromatic carbocycles. The number of hydrogen-bond donors (Lipinski definition) is 2. The lowest BCUT2D eigenvalue weighted by Crippen LogP contribution is -2.01. The maximum atomic E-state index is 11.1. The molecule has 0 amide bonds. The zero-order valence-electron chi connectivity index (χ0n) is 6.18. The van der Waals surface area contributed by atoms with Gasteiger partial charge in [-0.25, -0.2) is 0 Å². The van der Waals surface area contributed by atoms with Crippen LogP contribution in [0.25, 0.3) is 0 Å². The lowest BCUT2D eigenvalue weighted by molar-refractivity contribution is 0.370. The topological polar surface area (TPSA) is 74.6 Å². The Kier molecular flexibility index (Phi) is 2.89. The summed E-state index contributed by atoms with van der Waals surface area (Å²) in [6.45, 7) is 4.05. The first kappa shape index (κ1) is 10.4. The third kappa shape index (κ3) is 2.98. The minimum Gasteiger partial charge on any atom is -0.324 e. The molecular weight excluding hydrogens is 174 g/mol. The van der Waals surface area contributed by atoms with Gasteiger partial charge in [-0.05, 0) is 20.3 Å². The Hall–Kier alpha value is 0.380. The smallest absolute Gasteiger partial charge is 0.324 e. The molecule has 0 rings (SSSR count). The van der Waals surface area contributed by atoms with Gasteiger partial charge in [-0.3, -0.25) is 4.57 Å². The van der Waals surface area contributed by atoms with Gasteiger partial charge in [0.1, 0.15) is 5.40 Å². The molecule has 0 heterocycles. The highest BCUT2D eigenvalue weighted by atomic mass is 31.2. The van der Waals surface area contributed by atoms with E-state index in [4.69, 9.17) is 9.79 Å². The van der Waals surface area contributed by atoms with Crippen LogP contribution in [0, 0.1) is 0 Å². The van der Waals surface area contributed by atoms with Crippen LogP contribution in [0.1, 0.15) is 6.92 Å². The molecular formula is C4H12O4P2. The lowest BCUT2D eigenvalue weighted by Gasteiger charge is -2.16. The molecule has 0 aliphatic carbocycles. The monoisotopic (exact) mass is 186 g/mol. The third-order valence-electron chi connectivity index (χ3n) is 1.39. The maximum absolute atomic E-state index is 11.1. The van der Waals surface area contributed by atoms with E-state index in [0.29, 0.717) is 0 Å². The van der Waals surface area contributed by atoms with Gasteiger partial charge in [0.05, 0.1) is 7.14 Å². The maximum Gasteiger partial charge on any atom is 0.335 e. The standard InChI is InChI=1S/C4H12O4P2/c1-4(9(2,3)5)10(6,7)8/h4H,1-3H3,(H2,6,7,8). The van der Waals surface area contributed by atoms with Crippen molar-refractivity contribution in [1.82, 2.24) is 0 Å². The summed E-state index contributed by atoms with van der Waals surface area (Å²) in [4.78, 5) is 17.1. The van der Waals surface area contributed by atoms with E-state index in [-0.39, 0.29) is 0 Å². The van der Waals surface area contributed by atoms with Crippen LogP contribution in [0.2, 0.25) is 0 Å². The zero-order valence-corrected chi connectivity index (χ0v) is 7.97. The van der Waals surface area contributed by atoms with Crippen LogP contribution >= 0.6 is 14.7 Å². The summed E-state index contributed by atoms with van der Waals surface area (Å²) >= 11 is 0. The van der Waals surface area contributed by atoms with Gasteiger partial charge < -0.3 is 14.4 Å². The van der Waals surface area contributed by atoms with Crippen LogP contribution in [0.3, 0.4) is 0 Å². The molecule has 0 aliphatic rings. The minimum atomic E-state index is -4.14. The minimum absolute atomic E-state index is 1.01. The van der Waals surface area contributed by atoms with Crippen LogP contribution in [0.4, 0.5) is 0 Å². The van der Waals surface area contributed by atoms with Crippen molar-refractivity contribution in [2.75, 3.05) is 13.3 Å². The molecule has 62 valence electrons. The predicted molar refractivity (Wildman–Crippen MR) is 41.0 cm³/mol. The van der Waals surface area contributed by atoms with Crippen LogP contribution in [-0.2, 0) is 9.13 Å². The summed E-state index contributed by atoms with van der Waals surface area (Å²) in [6.07, 6.45) is 0. The molecule has 0 saturated heterocycles. The molecule has 1 atom stereocenters. The van der Waals surface area contributed by atoms with Crippen molar-refractivity contribution in [3.8, 4) is 0 Å². The first-order chi connectivity index (χ1) is 4.15. The Morgan fingerprint density at radius 2 is 1.50 bits per heavy atom. The number of hydrogen-bond acceptors (Lipinski definition) is 2. The van der Waals surface area contributed by atoms with Crippen molar-refractivity contribution >= 4 is 14.7 Å². The molecule has 0 aliphatic heterocycles. The van der Waals surface area contributed by atoms with Gasteiger partial charge in [0.2, 0.25) is 0 Å². The summed E-state index contributed by atoms with van der Waals surface area (Å²) in [5.41, 5.74) is 0. The molecule has 1 unspecified atom stereocenters. The van der Waals surface area contributed by atoms with E-state index in [0.717, 1.165) is 0 Å². The summed E-state index contributed by atoms with van der Waals surface area (Å²) in [5.74, 6) is 0. The molecule has 0 spiro atoms. The molecule has 10 heavy (non-hydrogen) atoms. The first-order valence-corrected chi connectivity index (χ1v) is 7.11. The van der Waals surface area contributed by atoms with E-state index in [1.807, 2.05) is 0 Å². The van der Waals surface area contributed by atoms with Gasteiger partial charge >= 0.3 is 7.60 Å². The molecule has 2 N–H and O–H groups in total. The summed E-state index contributed by atoms with van der Waals surface area (Å²) < 4.78 is 21.6. The fourth-order valence-electron chi connectivity index (χ4n) is 0.362. The van der Waals surface area contributed by atoms with Crippen LogP contribution < -0.4 is 0 Å². The third-order valence-corrected chi connectivity index (χ3v) is 6.73. The molecule has 6 heteroatoms. The SMILES string of the molecule is CC(P(C)(C)=O)P(=O)(O)O.